The Morgan fingerprint density at radius 1 is 0.820 bits per heavy atom. The number of sulfonamides is 1. The van der Waals surface area contributed by atoms with Crippen molar-refractivity contribution >= 4 is 55.8 Å². The topological polar surface area (TPSA) is 170 Å². The van der Waals surface area contributed by atoms with Crippen molar-refractivity contribution in [3.05, 3.63) is 111 Å². The number of carboxylic acid groups (broad SMARTS) is 2. The molecule has 0 bridgehead atoms. The average molecular weight is 716 g/mol. The van der Waals surface area contributed by atoms with Crippen molar-refractivity contribution in [2.75, 3.05) is 17.2 Å². The van der Waals surface area contributed by atoms with E-state index in [1.54, 1.807) is 31.2 Å². The van der Waals surface area contributed by atoms with Gasteiger partial charge in [0.05, 0.1) is 16.0 Å². The van der Waals surface area contributed by atoms with Gasteiger partial charge in [0, 0.05) is 22.7 Å². The van der Waals surface area contributed by atoms with Gasteiger partial charge in [-0.15, -0.1) is 11.3 Å². The molecular formula is C37H37N3O8S2. The molecule has 260 valence electrons. The van der Waals surface area contributed by atoms with Crippen LogP contribution in [0.3, 0.4) is 0 Å². The summed E-state index contributed by atoms with van der Waals surface area (Å²) >= 11 is 1.35. The van der Waals surface area contributed by atoms with Crippen molar-refractivity contribution in [2.24, 2.45) is 0 Å². The number of amides is 2. The summed E-state index contributed by atoms with van der Waals surface area (Å²) in [4.78, 5) is 51.2. The molecule has 4 aromatic rings. The van der Waals surface area contributed by atoms with Crippen molar-refractivity contribution in [1.29, 1.82) is 0 Å². The van der Waals surface area contributed by atoms with E-state index in [0.717, 1.165) is 58.0 Å². The number of thiophene rings is 1. The molecule has 1 aromatic heterocycles. The first kappa shape index (κ1) is 35.0. The molecule has 3 aromatic carbocycles. The van der Waals surface area contributed by atoms with E-state index in [9.17, 15) is 32.7 Å². The molecule has 4 N–H and O–H groups in total. The Morgan fingerprint density at radius 2 is 1.46 bits per heavy atom. The summed E-state index contributed by atoms with van der Waals surface area (Å²) in [6.07, 6.45) is 5.27. The number of likely N-dealkylation sites (N-methyl/N-ethyl adjacent to an activating group) is 1. The van der Waals surface area contributed by atoms with Crippen molar-refractivity contribution < 1.29 is 37.8 Å². The quantitative estimate of drug-likeness (QED) is 0.126. The van der Waals surface area contributed by atoms with Gasteiger partial charge in [0.15, 0.2) is 0 Å². The Labute approximate surface area is 294 Å². The maximum absolute atomic E-state index is 13.8. The standard InChI is InChI=1S/C37H37N3O8S2/c1-2-40(37(20-21-37)36(45)46)50(47,48)28-7-5-6-26(22-28)32(41)39-34-31(29-8-3-4-9-30(29)49-34)33(42)38-27-18-14-24(15-19-27)11-10-23-12-16-25(17-13-23)35(43)44/h5-7,12-19,22H,2-4,8-11,20-21H2,1H3,(H,38,42)(H,39,41)(H,43,44)(H,45,46). The van der Waals surface area contributed by atoms with Crippen LogP contribution in [0.1, 0.15) is 85.2 Å². The summed E-state index contributed by atoms with van der Waals surface area (Å²) in [5.74, 6) is -3.10. The van der Waals surface area contributed by atoms with E-state index in [4.69, 9.17) is 5.11 Å². The summed E-state index contributed by atoms with van der Waals surface area (Å²) < 4.78 is 28.1. The summed E-state index contributed by atoms with van der Waals surface area (Å²) in [6.45, 7) is 1.56. The highest BCUT2D eigenvalue weighted by molar-refractivity contribution is 7.89. The Bertz CT molecular complexity index is 2070. The minimum absolute atomic E-state index is 0.0302. The zero-order valence-electron chi connectivity index (χ0n) is 27.4. The highest BCUT2D eigenvalue weighted by Crippen LogP contribution is 2.45. The molecule has 50 heavy (non-hydrogen) atoms. The van der Waals surface area contributed by atoms with Crippen LogP contribution in [0.2, 0.25) is 0 Å². The number of carbonyl (C=O) groups is 4. The van der Waals surface area contributed by atoms with Crippen molar-refractivity contribution in [3.63, 3.8) is 0 Å². The molecular weight excluding hydrogens is 679 g/mol. The number of aryl methyl sites for hydroxylation is 3. The van der Waals surface area contributed by atoms with Crippen LogP contribution in [-0.4, -0.2) is 58.8 Å². The van der Waals surface area contributed by atoms with Gasteiger partial charge in [0.1, 0.15) is 10.5 Å². The number of fused-ring (bicyclic) bond motifs is 1. The second-order valence-corrected chi connectivity index (χ2v) is 15.5. The Morgan fingerprint density at radius 3 is 2.06 bits per heavy atom. The molecule has 0 saturated heterocycles. The first-order valence-electron chi connectivity index (χ1n) is 16.5. The van der Waals surface area contributed by atoms with E-state index in [0.29, 0.717) is 22.7 Å². The van der Waals surface area contributed by atoms with Crippen LogP contribution < -0.4 is 10.6 Å². The van der Waals surface area contributed by atoms with Gasteiger partial charge in [-0.2, -0.15) is 4.31 Å². The molecule has 2 aliphatic rings. The number of anilines is 2. The van der Waals surface area contributed by atoms with Gasteiger partial charge in [-0.05, 0) is 111 Å². The third-order valence-electron chi connectivity index (χ3n) is 9.31. The predicted molar refractivity (Wildman–Crippen MR) is 190 cm³/mol. The summed E-state index contributed by atoms with van der Waals surface area (Å²) in [5, 5.41) is 25.1. The van der Waals surface area contributed by atoms with Crippen LogP contribution >= 0.6 is 11.3 Å². The Balaban J connectivity index is 1.17. The molecule has 6 rings (SSSR count). The number of benzene rings is 3. The fourth-order valence-electron chi connectivity index (χ4n) is 6.44. The fraction of sp³-hybridized carbons (Fsp3) is 0.297. The van der Waals surface area contributed by atoms with Crippen LogP contribution in [-0.2, 0) is 40.5 Å². The number of hydrogen-bond acceptors (Lipinski definition) is 7. The molecule has 11 nitrogen and oxygen atoms in total. The average Bonchev–Trinajstić information content (AvgIpc) is 3.82. The molecule has 0 unspecified atom stereocenters. The SMILES string of the molecule is CCN(C1(C(=O)O)CC1)S(=O)(=O)c1cccc(C(=O)Nc2sc3c(c2C(=O)Nc2ccc(CCc4ccc(C(=O)O)cc4)cc2)CCCC3)c1. The molecule has 0 spiro atoms. The number of aliphatic carboxylic acids is 1. The third kappa shape index (κ3) is 7.07. The molecule has 13 heteroatoms. The van der Waals surface area contributed by atoms with Crippen LogP contribution in [0, 0.1) is 0 Å². The minimum atomic E-state index is -4.21. The Kier molecular flexibility index (Phi) is 9.92. The molecule has 1 heterocycles. The van der Waals surface area contributed by atoms with Crippen LogP contribution in [0.15, 0.2) is 77.7 Å². The van der Waals surface area contributed by atoms with Crippen LogP contribution in [0.25, 0.3) is 0 Å². The van der Waals surface area contributed by atoms with Gasteiger partial charge in [-0.25, -0.2) is 13.2 Å². The van der Waals surface area contributed by atoms with Gasteiger partial charge < -0.3 is 20.8 Å². The summed E-state index contributed by atoms with van der Waals surface area (Å²) in [7, 11) is -4.21. The number of nitrogens with one attached hydrogen (secondary N) is 2. The van der Waals surface area contributed by atoms with E-state index < -0.39 is 33.4 Å². The summed E-state index contributed by atoms with van der Waals surface area (Å²) in [6, 6.07) is 19.8. The van der Waals surface area contributed by atoms with E-state index in [2.05, 4.69) is 10.6 Å². The highest BCUT2D eigenvalue weighted by atomic mass is 32.2. The third-order valence-corrected chi connectivity index (χ3v) is 12.6. The minimum Gasteiger partial charge on any atom is -0.480 e. The Hall–Kier alpha value is -4.85. The molecule has 0 aliphatic heterocycles. The normalized spacial score (nSPS) is 14.8. The lowest BCUT2D eigenvalue weighted by molar-refractivity contribution is -0.143. The number of carboxylic acids is 2. The predicted octanol–water partition coefficient (Wildman–Crippen LogP) is 6.24. The zero-order chi connectivity index (χ0) is 35.6. The summed E-state index contributed by atoms with van der Waals surface area (Å²) in [5.41, 5.74) is 2.79. The maximum atomic E-state index is 13.8. The number of rotatable bonds is 13. The zero-order valence-corrected chi connectivity index (χ0v) is 29.0. The molecule has 2 amide bonds. The second-order valence-electron chi connectivity index (χ2n) is 12.6. The lowest BCUT2D eigenvalue weighted by Gasteiger charge is -2.27. The van der Waals surface area contributed by atoms with Gasteiger partial charge in [0.25, 0.3) is 11.8 Å². The first-order valence-corrected chi connectivity index (χ1v) is 18.7. The number of carbonyl (C=O) groups excluding carboxylic acids is 2. The molecule has 1 saturated carbocycles. The number of aromatic carboxylic acids is 1. The fourth-order valence-corrected chi connectivity index (χ4v) is 9.56. The van der Waals surface area contributed by atoms with Crippen LogP contribution in [0.5, 0.6) is 0 Å². The van der Waals surface area contributed by atoms with E-state index in [1.807, 2.05) is 24.3 Å². The van der Waals surface area contributed by atoms with Gasteiger partial charge in [0.2, 0.25) is 10.0 Å². The van der Waals surface area contributed by atoms with E-state index >= 15 is 0 Å². The molecule has 0 radical (unpaired) electrons. The van der Waals surface area contributed by atoms with Gasteiger partial charge in [-0.1, -0.05) is 37.3 Å². The highest BCUT2D eigenvalue weighted by Gasteiger charge is 2.58. The lowest BCUT2D eigenvalue weighted by Crippen LogP contribution is -2.47. The molecule has 2 aliphatic carbocycles. The van der Waals surface area contributed by atoms with Gasteiger partial charge >= 0.3 is 11.9 Å². The maximum Gasteiger partial charge on any atom is 0.335 e. The monoisotopic (exact) mass is 715 g/mol. The number of nitrogens with zero attached hydrogens (tertiary/aromatic N) is 1. The van der Waals surface area contributed by atoms with E-state index in [1.165, 1.54) is 35.6 Å². The molecule has 0 atom stereocenters. The van der Waals surface area contributed by atoms with Crippen molar-refractivity contribution in [3.8, 4) is 0 Å². The molecule has 1 fully saturated rings. The first-order chi connectivity index (χ1) is 23.9. The van der Waals surface area contributed by atoms with Crippen molar-refractivity contribution in [1.82, 2.24) is 4.31 Å². The van der Waals surface area contributed by atoms with Gasteiger partial charge in [-0.3, -0.25) is 14.4 Å². The number of hydrogen-bond donors (Lipinski definition) is 4. The smallest absolute Gasteiger partial charge is 0.335 e. The lowest BCUT2D eigenvalue weighted by atomic mass is 9.95. The second kappa shape index (κ2) is 14.2. The largest absolute Gasteiger partial charge is 0.480 e. The van der Waals surface area contributed by atoms with Crippen LogP contribution in [0.4, 0.5) is 10.7 Å². The van der Waals surface area contributed by atoms with E-state index in [-0.39, 0.29) is 41.3 Å². The van der Waals surface area contributed by atoms with Crippen molar-refractivity contribution in [2.45, 2.75) is 68.7 Å².